The number of amides is 3. The van der Waals surface area contributed by atoms with Gasteiger partial charge in [-0.2, -0.15) is 0 Å². The third-order valence-corrected chi connectivity index (χ3v) is 4.28. The van der Waals surface area contributed by atoms with Crippen LogP contribution in [0.2, 0.25) is 0 Å². The lowest BCUT2D eigenvalue weighted by Crippen LogP contribution is -2.34. The summed E-state index contributed by atoms with van der Waals surface area (Å²) in [6.45, 7) is 9.23. The first-order valence-electron chi connectivity index (χ1n) is 8.24. The zero-order chi connectivity index (χ0) is 17.5. The molecule has 6 nitrogen and oxygen atoms in total. The number of likely N-dealkylation sites (tertiary alicyclic amines) is 1. The van der Waals surface area contributed by atoms with Crippen LogP contribution in [0.1, 0.15) is 22.3 Å². The molecule has 1 atom stereocenters. The van der Waals surface area contributed by atoms with Crippen molar-refractivity contribution in [3.05, 3.63) is 42.0 Å². The molecule has 1 aliphatic heterocycles. The molecular weight excluding hydrogens is 304 g/mol. The van der Waals surface area contributed by atoms with Crippen LogP contribution in [0.5, 0.6) is 0 Å². The average Bonchev–Trinajstić information content (AvgIpc) is 3.02. The fraction of sp³-hybridized carbons (Fsp3) is 0.444. The molecular formula is C18H26N4O2. The monoisotopic (exact) mass is 330 g/mol. The molecule has 1 fully saturated rings. The maximum atomic E-state index is 12.1. The summed E-state index contributed by atoms with van der Waals surface area (Å²) in [5.41, 5.74) is 2.08. The van der Waals surface area contributed by atoms with Gasteiger partial charge in [-0.05, 0) is 43.5 Å². The van der Waals surface area contributed by atoms with E-state index in [0.717, 1.165) is 31.6 Å². The first kappa shape index (κ1) is 18.0. The fourth-order valence-electron chi connectivity index (χ4n) is 2.87. The predicted molar refractivity (Wildman–Crippen MR) is 96.3 cm³/mol. The molecule has 24 heavy (non-hydrogen) atoms. The Hall–Kier alpha value is -2.34. The number of nitrogens with one attached hydrogen (secondary N) is 3. The normalized spacial score (nSPS) is 17.3. The highest BCUT2D eigenvalue weighted by Crippen LogP contribution is 2.17. The quantitative estimate of drug-likeness (QED) is 0.698. The Labute approximate surface area is 143 Å². The summed E-state index contributed by atoms with van der Waals surface area (Å²) in [5, 5.41) is 8.33. The van der Waals surface area contributed by atoms with Crippen LogP contribution in [0.15, 0.2) is 30.9 Å². The Morgan fingerprint density at radius 1 is 1.42 bits per heavy atom. The standard InChI is InChI=1S/C18H26N4O2/c1-4-8-22-9-7-14(12-22)11-20-18(24)21-16-10-15(17(23)19-3)6-5-13(16)2/h4-6,10,14H,1,7-9,11-12H2,2-3H3,(H,19,23)(H2,20,21,24). The lowest BCUT2D eigenvalue weighted by atomic mass is 10.1. The van der Waals surface area contributed by atoms with E-state index in [9.17, 15) is 9.59 Å². The minimum absolute atomic E-state index is 0.174. The third-order valence-electron chi connectivity index (χ3n) is 4.28. The molecule has 1 aliphatic rings. The molecule has 130 valence electrons. The number of anilines is 1. The first-order valence-corrected chi connectivity index (χ1v) is 8.24. The van der Waals surface area contributed by atoms with Crippen LogP contribution >= 0.6 is 0 Å². The van der Waals surface area contributed by atoms with Gasteiger partial charge in [-0.1, -0.05) is 12.1 Å². The second-order valence-electron chi connectivity index (χ2n) is 6.15. The van der Waals surface area contributed by atoms with E-state index in [1.54, 1.807) is 19.2 Å². The Kier molecular flexibility index (Phi) is 6.37. The molecule has 1 saturated heterocycles. The zero-order valence-electron chi connectivity index (χ0n) is 14.4. The van der Waals surface area contributed by atoms with Crippen molar-refractivity contribution < 1.29 is 9.59 Å². The molecule has 1 aromatic carbocycles. The van der Waals surface area contributed by atoms with E-state index in [2.05, 4.69) is 27.4 Å². The van der Waals surface area contributed by atoms with Gasteiger partial charge in [0.1, 0.15) is 0 Å². The summed E-state index contributed by atoms with van der Waals surface area (Å²) in [6.07, 6.45) is 2.99. The molecule has 1 heterocycles. The number of nitrogens with zero attached hydrogens (tertiary/aromatic N) is 1. The van der Waals surface area contributed by atoms with Gasteiger partial charge in [0.2, 0.25) is 0 Å². The molecule has 3 N–H and O–H groups in total. The molecule has 0 bridgehead atoms. The van der Waals surface area contributed by atoms with Gasteiger partial charge in [-0.25, -0.2) is 4.79 Å². The van der Waals surface area contributed by atoms with Crippen molar-refractivity contribution in [1.29, 1.82) is 0 Å². The molecule has 0 aliphatic carbocycles. The van der Waals surface area contributed by atoms with Crippen molar-refractivity contribution in [3.8, 4) is 0 Å². The van der Waals surface area contributed by atoms with Gasteiger partial charge < -0.3 is 16.0 Å². The lowest BCUT2D eigenvalue weighted by Gasteiger charge is -2.15. The predicted octanol–water partition coefficient (Wildman–Crippen LogP) is 1.98. The van der Waals surface area contributed by atoms with Crippen LogP contribution < -0.4 is 16.0 Å². The van der Waals surface area contributed by atoms with Gasteiger partial charge in [0, 0.05) is 37.9 Å². The van der Waals surface area contributed by atoms with Gasteiger partial charge in [-0.15, -0.1) is 6.58 Å². The number of hydrogen-bond acceptors (Lipinski definition) is 3. The third kappa shape index (κ3) is 4.83. The SMILES string of the molecule is C=CCN1CCC(CNC(=O)Nc2cc(C(=O)NC)ccc2C)C1. The smallest absolute Gasteiger partial charge is 0.319 e. The van der Waals surface area contributed by atoms with Crippen LogP contribution in [0.4, 0.5) is 10.5 Å². The number of carbonyl (C=O) groups excluding carboxylic acids is 2. The second-order valence-corrected chi connectivity index (χ2v) is 6.15. The zero-order valence-corrected chi connectivity index (χ0v) is 14.4. The average molecular weight is 330 g/mol. The van der Waals surface area contributed by atoms with Crippen molar-refractivity contribution in [1.82, 2.24) is 15.5 Å². The summed E-state index contributed by atoms with van der Waals surface area (Å²) < 4.78 is 0. The molecule has 1 aromatic rings. The van der Waals surface area contributed by atoms with Gasteiger partial charge in [-0.3, -0.25) is 9.69 Å². The summed E-state index contributed by atoms with van der Waals surface area (Å²) >= 11 is 0. The number of urea groups is 1. The van der Waals surface area contributed by atoms with Crippen LogP contribution in [-0.2, 0) is 0 Å². The van der Waals surface area contributed by atoms with Crippen LogP contribution in [0.25, 0.3) is 0 Å². The van der Waals surface area contributed by atoms with Gasteiger partial charge in [0.15, 0.2) is 0 Å². The Bertz CT molecular complexity index is 615. The molecule has 0 aromatic heterocycles. The molecule has 2 rings (SSSR count). The molecule has 3 amide bonds. The van der Waals surface area contributed by atoms with Crippen LogP contribution in [0, 0.1) is 12.8 Å². The van der Waals surface area contributed by atoms with Gasteiger partial charge >= 0.3 is 6.03 Å². The lowest BCUT2D eigenvalue weighted by molar-refractivity contribution is 0.0963. The van der Waals surface area contributed by atoms with E-state index in [-0.39, 0.29) is 11.9 Å². The first-order chi connectivity index (χ1) is 11.5. The van der Waals surface area contributed by atoms with E-state index in [0.29, 0.717) is 23.7 Å². The van der Waals surface area contributed by atoms with E-state index in [4.69, 9.17) is 0 Å². The topological polar surface area (TPSA) is 73.5 Å². The van der Waals surface area contributed by atoms with E-state index in [1.807, 2.05) is 19.1 Å². The number of hydrogen-bond donors (Lipinski definition) is 3. The van der Waals surface area contributed by atoms with E-state index >= 15 is 0 Å². The Morgan fingerprint density at radius 3 is 2.92 bits per heavy atom. The number of aryl methyl sites for hydroxylation is 1. The summed E-state index contributed by atoms with van der Waals surface area (Å²) in [6, 6.07) is 5.01. The van der Waals surface area contributed by atoms with Crippen LogP contribution in [-0.4, -0.2) is 50.1 Å². The largest absolute Gasteiger partial charge is 0.355 e. The summed E-state index contributed by atoms with van der Waals surface area (Å²) in [7, 11) is 1.58. The molecule has 0 spiro atoms. The molecule has 0 radical (unpaired) electrons. The molecule has 6 heteroatoms. The van der Waals surface area contributed by atoms with E-state index < -0.39 is 0 Å². The highest BCUT2D eigenvalue weighted by Gasteiger charge is 2.21. The van der Waals surface area contributed by atoms with Gasteiger partial charge in [0.05, 0.1) is 0 Å². The highest BCUT2D eigenvalue weighted by molar-refractivity contribution is 5.97. The highest BCUT2D eigenvalue weighted by atomic mass is 16.2. The number of benzene rings is 1. The van der Waals surface area contributed by atoms with E-state index in [1.165, 1.54) is 0 Å². The maximum Gasteiger partial charge on any atom is 0.319 e. The minimum Gasteiger partial charge on any atom is -0.355 e. The number of rotatable bonds is 6. The molecule has 0 saturated carbocycles. The van der Waals surface area contributed by atoms with Crippen LogP contribution in [0.3, 0.4) is 0 Å². The summed E-state index contributed by atoms with van der Waals surface area (Å²) in [5.74, 6) is 0.292. The van der Waals surface area contributed by atoms with Gasteiger partial charge in [0.25, 0.3) is 5.91 Å². The molecule has 1 unspecified atom stereocenters. The van der Waals surface area contributed by atoms with Crippen molar-refractivity contribution in [3.63, 3.8) is 0 Å². The van der Waals surface area contributed by atoms with Crippen molar-refractivity contribution in [2.45, 2.75) is 13.3 Å². The number of carbonyl (C=O) groups is 2. The summed E-state index contributed by atoms with van der Waals surface area (Å²) in [4.78, 5) is 26.1. The van der Waals surface area contributed by atoms with Crippen molar-refractivity contribution in [2.75, 3.05) is 38.5 Å². The fourth-order valence-corrected chi connectivity index (χ4v) is 2.87. The Morgan fingerprint density at radius 2 is 2.21 bits per heavy atom. The second kappa shape index (κ2) is 8.49. The van der Waals surface area contributed by atoms with Crippen molar-refractivity contribution >= 4 is 17.6 Å². The minimum atomic E-state index is -0.241. The van der Waals surface area contributed by atoms with Crippen molar-refractivity contribution in [2.24, 2.45) is 5.92 Å². The Balaban J connectivity index is 1.86. The maximum absolute atomic E-state index is 12.1.